The van der Waals surface area contributed by atoms with Crippen LogP contribution in [0.5, 0.6) is 0 Å². The second-order valence-electron chi connectivity index (χ2n) is 2.87. The van der Waals surface area contributed by atoms with E-state index in [9.17, 15) is 4.79 Å². The Hall–Kier alpha value is -0.940. The van der Waals surface area contributed by atoms with E-state index in [2.05, 4.69) is 20.9 Å². The van der Waals surface area contributed by atoms with Crippen LogP contribution < -0.4 is 5.73 Å². The summed E-state index contributed by atoms with van der Waals surface area (Å²) in [6.07, 6.45) is 1.52. The molecule has 4 nitrogen and oxygen atoms in total. The van der Waals surface area contributed by atoms with Gasteiger partial charge in [0.2, 0.25) is 0 Å². The molecule has 0 aliphatic carbocycles. The molecule has 1 aromatic rings. The van der Waals surface area contributed by atoms with Crippen molar-refractivity contribution in [2.45, 2.75) is 12.5 Å². The molecular weight excluding hydrogens is 236 g/mol. The Kier molecular flexibility index (Phi) is 2.68. The first-order valence-electron chi connectivity index (χ1n) is 3.59. The number of carboxylic acid groups (broad SMARTS) is 1. The van der Waals surface area contributed by atoms with E-state index in [0.717, 1.165) is 4.47 Å². The van der Waals surface area contributed by atoms with Gasteiger partial charge in [0, 0.05) is 10.7 Å². The van der Waals surface area contributed by atoms with Gasteiger partial charge >= 0.3 is 5.97 Å². The lowest BCUT2D eigenvalue weighted by molar-refractivity contribution is -0.143. The van der Waals surface area contributed by atoms with Gasteiger partial charge in [0.25, 0.3) is 0 Å². The number of halogens is 1. The van der Waals surface area contributed by atoms with E-state index >= 15 is 0 Å². The van der Waals surface area contributed by atoms with E-state index in [1.807, 2.05) is 0 Å². The summed E-state index contributed by atoms with van der Waals surface area (Å²) in [4.78, 5) is 14.6. The van der Waals surface area contributed by atoms with Crippen molar-refractivity contribution in [3.63, 3.8) is 0 Å². The second kappa shape index (κ2) is 3.43. The fourth-order valence-corrected chi connectivity index (χ4v) is 1.03. The first kappa shape index (κ1) is 10.1. The van der Waals surface area contributed by atoms with Crippen molar-refractivity contribution in [2.24, 2.45) is 5.73 Å². The van der Waals surface area contributed by atoms with Crippen molar-refractivity contribution < 1.29 is 9.90 Å². The maximum Gasteiger partial charge on any atom is 0.329 e. The third-order valence-corrected chi connectivity index (χ3v) is 2.17. The number of pyridine rings is 1. The number of carboxylic acids is 1. The minimum atomic E-state index is -1.43. The molecular formula is C8H9BrN2O2. The van der Waals surface area contributed by atoms with Crippen molar-refractivity contribution in [2.75, 3.05) is 0 Å². The SMILES string of the molecule is C[C@](N)(C(=O)O)c1ccc(Br)cn1. The smallest absolute Gasteiger partial charge is 0.329 e. The summed E-state index contributed by atoms with van der Waals surface area (Å²) in [6.45, 7) is 1.41. The highest BCUT2D eigenvalue weighted by atomic mass is 79.9. The van der Waals surface area contributed by atoms with E-state index in [1.165, 1.54) is 13.1 Å². The summed E-state index contributed by atoms with van der Waals surface area (Å²) in [6, 6.07) is 3.29. The molecule has 0 bridgehead atoms. The van der Waals surface area contributed by atoms with Crippen molar-refractivity contribution in [3.05, 3.63) is 28.5 Å². The highest BCUT2D eigenvalue weighted by Crippen LogP contribution is 2.17. The average molecular weight is 245 g/mol. The van der Waals surface area contributed by atoms with Crippen LogP contribution in [0.4, 0.5) is 0 Å². The predicted octanol–water partition coefficient (Wildman–Crippen LogP) is 1.10. The van der Waals surface area contributed by atoms with E-state index < -0.39 is 11.5 Å². The van der Waals surface area contributed by atoms with E-state index in [-0.39, 0.29) is 0 Å². The van der Waals surface area contributed by atoms with Crippen LogP contribution in [0.1, 0.15) is 12.6 Å². The molecule has 0 spiro atoms. The Balaban J connectivity index is 3.08. The predicted molar refractivity (Wildman–Crippen MR) is 51.1 cm³/mol. The molecule has 1 heterocycles. The molecule has 0 aliphatic heterocycles. The molecule has 13 heavy (non-hydrogen) atoms. The number of nitrogens with zero attached hydrogens (tertiary/aromatic N) is 1. The summed E-state index contributed by atoms with van der Waals surface area (Å²) in [5.41, 5.74) is 4.46. The Bertz CT molecular complexity index is 321. The zero-order valence-corrected chi connectivity index (χ0v) is 8.58. The fourth-order valence-electron chi connectivity index (χ4n) is 0.793. The van der Waals surface area contributed by atoms with Gasteiger partial charge in [-0.05, 0) is 35.0 Å². The second-order valence-corrected chi connectivity index (χ2v) is 3.78. The van der Waals surface area contributed by atoms with Gasteiger partial charge < -0.3 is 10.8 Å². The zero-order valence-electron chi connectivity index (χ0n) is 6.99. The van der Waals surface area contributed by atoms with Gasteiger partial charge in [0.05, 0.1) is 5.69 Å². The van der Waals surface area contributed by atoms with Crippen LogP contribution in [-0.2, 0) is 10.3 Å². The van der Waals surface area contributed by atoms with Crippen molar-refractivity contribution in [3.8, 4) is 0 Å². The van der Waals surface area contributed by atoms with Gasteiger partial charge in [-0.3, -0.25) is 4.98 Å². The van der Waals surface area contributed by atoms with E-state index in [0.29, 0.717) is 5.69 Å². The van der Waals surface area contributed by atoms with Crippen LogP contribution in [0.2, 0.25) is 0 Å². The lowest BCUT2D eigenvalue weighted by atomic mass is 9.99. The van der Waals surface area contributed by atoms with Crippen LogP contribution in [0, 0.1) is 0 Å². The maximum absolute atomic E-state index is 10.7. The van der Waals surface area contributed by atoms with Gasteiger partial charge in [0.1, 0.15) is 0 Å². The summed E-state index contributed by atoms with van der Waals surface area (Å²) < 4.78 is 0.789. The summed E-state index contributed by atoms with van der Waals surface area (Å²) >= 11 is 3.20. The van der Waals surface area contributed by atoms with Crippen LogP contribution >= 0.6 is 15.9 Å². The van der Waals surface area contributed by atoms with E-state index in [4.69, 9.17) is 10.8 Å². The van der Waals surface area contributed by atoms with Crippen LogP contribution in [0.3, 0.4) is 0 Å². The Morgan fingerprint density at radius 1 is 1.69 bits per heavy atom. The quantitative estimate of drug-likeness (QED) is 0.817. The zero-order chi connectivity index (χ0) is 10.1. The Labute approximate surface area is 83.9 Å². The highest BCUT2D eigenvalue weighted by Gasteiger charge is 2.31. The third kappa shape index (κ3) is 2.05. The van der Waals surface area contributed by atoms with Gasteiger partial charge in [-0.1, -0.05) is 0 Å². The largest absolute Gasteiger partial charge is 0.480 e. The van der Waals surface area contributed by atoms with Crippen molar-refractivity contribution >= 4 is 21.9 Å². The molecule has 3 N–H and O–H groups in total. The lowest BCUT2D eigenvalue weighted by Crippen LogP contribution is -2.42. The minimum absolute atomic E-state index is 0.336. The molecule has 0 radical (unpaired) electrons. The van der Waals surface area contributed by atoms with Gasteiger partial charge in [-0.25, -0.2) is 4.79 Å². The molecule has 70 valence electrons. The fraction of sp³-hybridized carbons (Fsp3) is 0.250. The molecule has 0 amide bonds. The first-order valence-corrected chi connectivity index (χ1v) is 4.38. The number of hydrogen-bond acceptors (Lipinski definition) is 3. The van der Waals surface area contributed by atoms with Gasteiger partial charge in [-0.15, -0.1) is 0 Å². The monoisotopic (exact) mass is 244 g/mol. The molecule has 0 unspecified atom stereocenters. The standard InChI is InChI=1S/C8H9BrN2O2/c1-8(10,7(12)13)6-3-2-5(9)4-11-6/h2-4H,10H2,1H3,(H,12,13)/t8-/m1/s1. The number of rotatable bonds is 2. The first-order chi connectivity index (χ1) is 5.94. The van der Waals surface area contributed by atoms with E-state index in [1.54, 1.807) is 12.1 Å². The number of aliphatic carboxylic acids is 1. The Morgan fingerprint density at radius 3 is 2.69 bits per heavy atom. The molecule has 1 rings (SSSR count). The molecule has 0 saturated carbocycles. The molecule has 1 aromatic heterocycles. The number of aromatic nitrogens is 1. The van der Waals surface area contributed by atoms with Crippen molar-refractivity contribution in [1.82, 2.24) is 4.98 Å². The summed E-state index contributed by atoms with van der Waals surface area (Å²) in [7, 11) is 0. The maximum atomic E-state index is 10.7. The van der Waals surface area contributed by atoms with Gasteiger partial charge in [-0.2, -0.15) is 0 Å². The number of nitrogens with two attached hydrogens (primary N) is 1. The number of hydrogen-bond donors (Lipinski definition) is 2. The molecule has 0 saturated heterocycles. The molecule has 5 heteroatoms. The molecule has 1 atom stereocenters. The van der Waals surface area contributed by atoms with Crippen LogP contribution in [-0.4, -0.2) is 16.1 Å². The third-order valence-electron chi connectivity index (χ3n) is 1.70. The summed E-state index contributed by atoms with van der Waals surface area (Å²) in [5, 5.41) is 8.79. The van der Waals surface area contributed by atoms with Crippen molar-refractivity contribution in [1.29, 1.82) is 0 Å². The molecule has 0 fully saturated rings. The lowest BCUT2D eigenvalue weighted by Gasteiger charge is -2.17. The van der Waals surface area contributed by atoms with Crippen LogP contribution in [0.25, 0.3) is 0 Å². The highest BCUT2D eigenvalue weighted by molar-refractivity contribution is 9.10. The average Bonchev–Trinajstić information content (AvgIpc) is 2.04. The summed E-state index contributed by atoms with van der Waals surface area (Å²) in [5.74, 6) is -1.10. The topological polar surface area (TPSA) is 76.2 Å². The Morgan fingerprint density at radius 2 is 2.31 bits per heavy atom. The molecule has 0 aromatic carbocycles. The molecule has 0 aliphatic rings. The number of carbonyl (C=O) groups is 1. The normalized spacial score (nSPS) is 15.0. The van der Waals surface area contributed by atoms with Gasteiger partial charge in [0.15, 0.2) is 5.54 Å². The van der Waals surface area contributed by atoms with Crippen LogP contribution in [0.15, 0.2) is 22.8 Å². The minimum Gasteiger partial charge on any atom is -0.480 e.